The van der Waals surface area contributed by atoms with Crippen LogP contribution in [0.15, 0.2) is 12.2 Å². The summed E-state index contributed by atoms with van der Waals surface area (Å²) in [7, 11) is 0. The van der Waals surface area contributed by atoms with Gasteiger partial charge in [0.25, 0.3) is 0 Å². The molecule has 0 rings (SSSR count). The summed E-state index contributed by atoms with van der Waals surface area (Å²) in [6, 6.07) is 0. The molecular weight excluding hydrogens is 165 g/mol. The molecule has 0 atom stereocenters. The molecule has 2 heteroatoms. The molecule has 0 aliphatic carbocycles. The van der Waals surface area contributed by atoms with Crippen molar-refractivity contribution in [2.24, 2.45) is 0 Å². The summed E-state index contributed by atoms with van der Waals surface area (Å²) in [4.78, 5) is 0. The molecule has 0 aliphatic rings. The predicted molar refractivity (Wildman–Crippen MR) is 20.2 cm³/mol. The van der Waals surface area contributed by atoms with Crippen LogP contribution in [0.25, 0.3) is 0 Å². The molecule has 44 valence electrons. The third-order valence-corrected chi connectivity index (χ3v) is 0. The maximum Gasteiger partial charge on any atom is 0 e. The minimum atomic E-state index is 0. The van der Waals surface area contributed by atoms with Crippen LogP contribution in [0, 0.1) is 6.92 Å². The Morgan fingerprint density at radius 3 is 1.50 bits per heavy atom. The van der Waals surface area contributed by atoms with E-state index in [0.717, 1.165) is 5.57 Å². The van der Waals surface area contributed by atoms with E-state index in [0.29, 0.717) is 0 Å². The van der Waals surface area contributed by atoms with Gasteiger partial charge in [0.1, 0.15) is 0 Å². The zero-order chi connectivity index (χ0) is 3.58. The Hall–Kier alpha value is 0.597. The minimum absolute atomic E-state index is 0. The molecule has 0 nitrogen and oxygen atoms in total. The topological polar surface area (TPSA) is 0 Å². The number of allylic oxidation sites excluding steroid dienone is 1. The third kappa shape index (κ3) is 167. The molecule has 0 radical (unpaired) electrons. The van der Waals surface area contributed by atoms with Crippen LogP contribution in [0.1, 0.15) is 6.92 Å². The molecule has 0 saturated heterocycles. The zero-order valence-electron chi connectivity index (χ0n) is 3.55. The summed E-state index contributed by atoms with van der Waals surface area (Å²) in [5, 5.41) is 0. The predicted octanol–water partition coefficient (Wildman–Crippen LogP) is 1.39. The number of rotatable bonds is 0. The third-order valence-electron chi connectivity index (χ3n) is 0. The van der Waals surface area contributed by atoms with Crippen LogP contribution < -0.4 is 0 Å². The summed E-state index contributed by atoms with van der Waals surface area (Å²) < 4.78 is 0. The summed E-state index contributed by atoms with van der Waals surface area (Å²) in [5.41, 5.74) is 0.917. The summed E-state index contributed by atoms with van der Waals surface area (Å²) in [5.74, 6) is 0. The average Bonchev–Trinajstić information content (AvgIpc) is 0.811. The fraction of sp³-hybridized carbons (Fsp3) is 0.250. The fourth-order valence-electron chi connectivity index (χ4n) is 0. The van der Waals surface area contributed by atoms with Crippen molar-refractivity contribution in [1.29, 1.82) is 0 Å². The van der Waals surface area contributed by atoms with Gasteiger partial charge in [-0.2, -0.15) is 0 Å². The van der Waals surface area contributed by atoms with Gasteiger partial charge >= 0.3 is 0 Å². The smallest absolute Gasteiger partial charge is 0 e. The first-order valence-corrected chi connectivity index (χ1v) is 1.21. The minimum Gasteiger partial charge on any atom is -0.242 e. The van der Waals surface area contributed by atoms with Gasteiger partial charge in [0.05, 0.1) is 0 Å². The number of hydrogen-bond acceptors (Lipinski definition) is 0. The molecule has 0 amide bonds. The van der Waals surface area contributed by atoms with Gasteiger partial charge in [0.2, 0.25) is 0 Å². The van der Waals surface area contributed by atoms with Crippen molar-refractivity contribution >= 4 is 0 Å². The van der Waals surface area contributed by atoms with Gasteiger partial charge in [-0.1, -0.05) is 6.92 Å². The quantitative estimate of drug-likeness (QED) is 0.383. The maximum absolute atomic E-state index is 3.44. The van der Waals surface area contributed by atoms with Gasteiger partial charge in [-0.15, -0.1) is 0 Å². The SMILES string of the molecule is C=C([CH2-])C.[Ni].[Ni]. The van der Waals surface area contributed by atoms with Gasteiger partial charge in [-0.05, 0) is 0 Å². The largest absolute Gasteiger partial charge is 0.242 e. The van der Waals surface area contributed by atoms with E-state index in [1.54, 1.807) is 0 Å². The van der Waals surface area contributed by atoms with Crippen molar-refractivity contribution in [2.45, 2.75) is 6.92 Å². The Morgan fingerprint density at radius 2 is 1.50 bits per heavy atom. The Kier molecular flexibility index (Phi) is 24.3. The van der Waals surface area contributed by atoms with E-state index >= 15 is 0 Å². The first-order chi connectivity index (χ1) is 1.73. The summed E-state index contributed by atoms with van der Waals surface area (Å²) >= 11 is 0. The Bertz CT molecular complexity index is 28.5. The molecule has 0 heterocycles. The monoisotopic (exact) mass is 171 g/mol. The molecule has 0 N–H and O–H groups in total. The van der Waals surface area contributed by atoms with E-state index in [-0.39, 0.29) is 33.0 Å². The van der Waals surface area contributed by atoms with Crippen molar-refractivity contribution in [3.05, 3.63) is 19.1 Å². The standard InChI is InChI=1S/C4H7.2Ni/c1-4(2)3;;/h1-2H2,3H3;;/q-1;;. The van der Waals surface area contributed by atoms with Crippen LogP contribution in [-0.4, -0.2) is 0 Å². The second-order valence-corrected chi connectivity index (χ2v) is 0.957. The van der Waals surface area contributed by atoms with Crippen molar-refractivity contribution < 1.29 is 33.0 Å². The van der Waals surface area contributed by atoms with Gasteiger partial charge in [-0.3, -0.25) is 0 Å². The van der Waals surface area contributed by atoms with Crippen molar-refractivity contribution in [2.75, 3.05) is 0 Å². The molecule has 0 aromatic rings. The summed E-state index contributed by atoms with van der Waals surface area (Å²) in [6.07, 6.45) is 0. The first kappa shape index (κ1) is 16.0. The van der Waals surface area contributed by atoms with Gasteiger partial charge in [-0.25, -0.2) is 19.1 Å². The molecule has 0 aliphatic heterocycles. The second-order valence-electron chi connectivity index (χ2n) is 0.957. The maximum atomic E-state index is 3.44. The van der Waals surface area contributed by atoms with Gasteiger partial charge < -0.3 is 0 Å². The Labute approximate surface area is 59.2 Å². The van der Waals surface area contributed by atoms with Crippen LogP contribution in [-0.2, 0) is 33.0 Å². The van der Waals surface area contributed by atoms with Crippen molar-refractivity contribution in [3.63, 3.8) is 0 Å². The van der Waals surface area contributed by atoms with E-state index in [2.05, 4.69) is 13.5 Å². The molecule has 6 heavy (non-hydrogen) atoms. The molecular formula is C4H7Ni2-. The molecule has 0 unspecified atom stereocenters. The second kappa shape index (κ2) is 9.14. The first-order valence-electron chi connectivity index (χ1n) is 1.21. The molecule has 0 saturated carbocycles. The van der Waals surface area contributed by atoms with E-state index in [1.165, 1.54) is 0 Å². The van der Waals surface area contributed by atoms with E-state index in [1.807, 2.05) is 6.92 Å². The van der Waals surface area contributed by atoms with Gasteiger partial charge in [0, 0.05) is 33.0 Å². The molecule has 0 spiro atoms. The van der Waals surface area contributed by atoms with Crippen LogP contribution in [0.5, 0.6) is 0 Å². The van der Waals surface area contributed by atoms with Crippen LogP contribution in [0.3, 0.4) is 0 Å². The van der Waals surface area contributed by atoms with Crippen molar-refractivity contribution in [1.82, 2.24) is 0 Å². The van der Waals surface area contributed by atoms with Crippen LogP contribution in [0.4, 0.5) is 0 Å². The van der Waals surface area contributed by atoms with E-state index in [4.69, 9.17) is 0 Å². The summed E-state index contributed by atoms with van der Waals surface area (Å²) in [6.45, 7) is 8.75. The zero-order valence-corrected chi connectivity index (χ0v) is 5.52. The normalized spacial score (nSPS) is 4.17. The average molecular weight is 172 g/mol. The molecule has 0 aromatic heterocycles. The molecule has 0 aromatic carbocycles. The van der Waals surface area contributed by atoms with E-state index < -0.39 is 0 Å². The van der Waals surface area contributed by atoms with Crippen molar-refractivity contribution in [3.8, 4) is 0 Å². The fourth-order valence-corrected chi connectivity index (χ4v) is 0. The van der Waals surface area contributed by atoms with Crippen LogP contribution in [0.2, 0.25) is 0 Å². The Morgan fingerprint density at radius 1 is 1.50 bits per heavy atom. The van der Waals surface area contributed by atoms with Gasteiger partial charge in [0.15, 0.2) is 0 Å². The van der Waals surface area contributed by atoms with Crippen LogP contribution >= 0.6 is 0 Å². The molecule has 0 bridgehead atoms. The Balaban J connectivity index is -0.0000000450. The number of hydrogen-bond donors (Lipinski definition) is 0. The molecule has 0 fully saturated rings. The van der Waals surface area contributed by atoms with E-state index in [9.17, 15) is 0 Å².